The minimum absolute atomic E-state index is 0.174. The van der Waals surface area contributed by atoms with E-state index in [0.29, 0.717) is 5.25 Å². The minimum Gasteiger partial charge on any atom is -0.444 e. The van der Waals surface area contributed by atoms with Gasteiger partial charge in [0.15, 0.2) is 0 Å². The van der Waals surface area contributed by atoms with Gasteiger partial charge in [-0.15, -0.1) is 0 Å². The zero-order chi connectivity index (χ0) is 12.3. The molecule has 0 aliphatic heterocycles. The molecule has 2 N–H and O–H groups in total. The van der Waals surface area contributed by atoms with Crippen LogP contribution in [0.4, 0.5) is 4.79 Å². The van der Waals surface area contributed by atoms with E-state index < -0.39 is 17.8 Å². The molecule has 1 unspecified atom stereocenters. The van der Waals surface area contributed by atoms with E-state index in [4.69, 9.17) is 4.74 Å². The van der Waals surface area contributed by atoms with Crippen molar-refractivity contribution >= 4 is 17.9 Å². The maximum atomic E-state index is 11.5. The molecular weight excluding hydrogens is 226 g/mol. The first-order chi connectivity index (χ1) is 7.31. The molecule has 1 aliphatic rings. The molecule has 1 amide bonds. The van der Waals surface area contributed by atoms with Gasteiger partial charge < -0.3 is 15.2 Å². The van der Waals surface area contributed by atoms with Crippen LogP contribution in [0.15, 0.2) is 0 Å². The van der Waals surface area contributed by atoms with Gasteiger partial charge in [0.2, 0.25) is 0 Å². The molecule has 5 heteroatoms. The van der Waals surface area contributed by atoms with Crippen molar-refractivity contribution in [3.05, 3.63) is 0 Å². The first-order valence-corrected chi connectivity index (χ1v) is 6.81. The van der Waals surface area contributed by atoms with Crippen LogP contribution in [0.2, 0.25) is 0 Å². The highest BCUT2D eigenvalue weighted by Crippen LogP contribution is 2.28. The van der Waals surface area contributed by atoms with E-state index in [2.05, 4.69) is 5.32 Å². The second kappa shape index (κ2) is 5.27. The standard InChI is InChI=1S/C11H21NO3S/c1-11(2,3)15-10(14)12-8-5-7(16-4)6-9(8)13/h7-9,13H,5-6H2,1-4H3,(H,12,14)/t7?,8-,9-/m1/s1. The topological polar surface area (TPSA) is 58.6 Å². The van der Waals surface area contributed by atoms with Crippen molar-refractivity contribution in [2.45, 2.75) is 56.6 Å². The molecular formula is C11H21NO3S. The molecule has 1 saturated carbocycles. The average molecular weight is 247 g/mol. The van der Waals surface area contributed by atoms with Gasteiger partial charge in [0.25, 0.3) is 0 Å². The van der Waals surface area contributed by atoms with Gasteiger partial charge in [0.1, 0.15) is 5.60 Å². The fourth-order valence-corrected chi connectivity index (χ4v) is 2.57. The summed E-state index contributed by atoms with van der Waals surface area (Å²) in [5.74, 6) is 0. The van der Waals surface area contributed by atoms with Crippen molar-refractivity contribution in [2.24, 2.45) is 0 Å². The van der Waals surface area contributed by atoms with E-state index in [1.54, 1.807) is 11.8 Å². The summed E-state index contributed by atoms with van der Waals surface area (Å²) in [4.78, 5) is 11.5. The van der Waals surface area contributed by atoms with Gasteiger partial charge in [0, 0.05) is 5.25 Å². The van der Waals surface area contributed by atoms with Crippen molar-refractivity contribution in [3.8, 4) is 0 Å². The highest BCUT2D eigenvalue weighted by molar-refractivity contribution is 7.99. The van der Waals surface area contributed by atoms with Crippen LogP contribution in [-0.2, 0) is 4.74 Å². The summed E-state index contributed by atoms with van der Waals surface area (Å²) in [6.45, 7) is 5.47. The Morgan fingerprint density at radius 3 is 2.50 bits per heavy atom. The zero-order valence-corrected chi connectivity index (χ0v) is 11.1. The number of hydrogen-bond acceptors (Lipinski definition) is 4. The fourth-order valence-electron chi connectivity index (χ4n) is 1.78. The van der Waals surface area contributed by atoms with Crippen molar-refractivity contribution in [3.63, 3.8) is 0 Å². The van der Waals surface area contributed by atoms with E-state index in [0.717, 1.165) is 12.8 Å². The summed E-state index contributed by atoms with van der Waals surface area (Å²) in [5, 5.41) is 12.9. The molecule has 0 radical (unpaired) electrons. The molecule has 3 atom stereocenters. The lowest BCUT2D eigenvalue weighted by Crippen LogP contribution is -2.42. The third-order valence-electron chi connectivity index (χ3n) is 2.52. The molecule has 0 spiro atoms. The van der Waals surface area contributed by atoms with Crippen LogP contribution in [0.3, 0.4) is 0 Å². The quantitative estimate of drug-likeness (QED) is 0.780. The summed E-state index contributed by atoms with van der Waals surface area (Å²) in [5.41, 5.74) is -0.494. The largest absolute Gasteiger partial charge is 0.444 e. The molecule has 1 fully saturated rings. The van der Waals surface area contributed by atoms with Gasteiger partial charge in [-0.05, 0) is 39.9 Å². The van der Waals surface area contributed by atoms with Crippen LogP contribution in [0.25, 0.3) is 0 Å². The van der Waals surface area contributed by atoms with Crippen molar-refractivity contribution in [2.75, 3.05) is 6.26 Å². The molecule has 16 heavy (non-hydrogen) atoms. The lowest BCUT2D eigenvalue weighted by molar-refractivity contribution is 0.0450. The molecule has 0 saturated heterocycles. The lowest BCUT2D eigenvalue weighted by atomic mass is 10.2. The maximum Gasteiger partial charge on any atom is 0.407 e. The Labute approximate surface area is 101 Å². The Hall–Kier alpha value is -0.420. The minimum atomic E-state index is -0.494. The normalized spacial score (nSPS) is 30.2. The number of amides is 1. The first kappa shape index (κ1) is 13.6. The number of aliphatic hydroxyl groups is 1. The highest BCUT2D eigenvalue weighted by atomic mass is 32.2. The highest BCUT2D eigenvalue weighted by Gasteiger charge is 2.34. The smallest absolute Gasteiger partial charge is 0.407 e. The summed E-state index contributed by atoms with van der Waals surface area (Å²) in [6, 6.07) is -0.174. The molecule has 1 aliphatic carbocycles. The van der Waals surface area contributed by atoms with Crippen LogP contribution in [0.5, 0.6) is 0 Å². The Balaban J connectivity index is 2.40. The third kappa shape index (κ3) is 4.22. The Bertz CT molecular complexity index is 252. The third-order valence-corrected chi connectivity index (χ3v) is 3.57. The van der Waals surface area contributed by atoms with E-state index in [1.807, 2.05) is 27.0 Å². The number of thioether (sulfide) groups is 1. The number of ether oxygens (including phenoxy) is 1. The summed E-state index contributed by atoms with van der Waals surface area (Å²) in [7, 11) is 0. The lowest BCUT2D eigenvalue weighted by Gasteiger charge is -2.22. The summed E-state index contributed by atoms with van der Waals surface area (Å²) >= 11 is 1.73. The number of aliphatic hydroxyl groups excluding tert-OH is 1. The molecule has 0 aromatic carbocycles. The Morgan fingerprint density at radius 1 is 1.44 bits per heavy atom. The average Bonchev–Trinajstić information content (AvgIpc) is 2.44. The summed E-state index contributed by atoms with van der Waals surface area (Å²) < 4.78 is 5.15. The van der Waals surface area contributed by atoms with Crippen LogP contribution in [0.1, 0.15) is 33.6 Å². The number of hydrogen-bond donors (Lipinski definition) is 2. The van der Waals surface area contributed by atoms with Gasteiger partial charge in [-0.3, -0.25) is 0 Å². The van der Waals surface area contributed by atoms with Crippen LogP contribution >= 0.6 is 11.8 Å². The second-order valence-electron chi connectivity index (χ2n) is 5.15. The van der Waals surface area contributed by atoms with E-state index in [9.17, 15) is 9.90 Å². The number of nitrogens with one attached hydrogen (secondary N) is 1. The molecule has 0 aromatic rings. The van der Waals surface area contributed by atoms with E-state index in [1.165, 1.54) is 0 Å². The second-order valence-corrected chi connectivity index (χ2v) is 6.29. The number of alkyl carbamates (subject to hydrolysis) is 1. The van der Waals surface area contributed by atoms with Gasteiger partial charge in [-0.1, -0.05) is 0 Å². The molecule has 4 nitrogen and oxygen atoms in total. The Kier molecular flexibility index (Phi) is 4.50. The SMILES string of the molecule is CSC1C[C@@H](O)[C@H](NC(=O)OC(C)(C)C)C1. The van der Waals surface area contributed by atoms with Crippen molar-refractivity contribution < 1.29 is 14.6 Å². The maximum absolute atomic E-state index is 11.5. The fraction of sp³-hybridized carbons (Fsp3) is 0.909. The number of carbonyl (C=O) groups is 1. The molecule has 1 rings (SSSR count). The molecule has 0 aromatic heterocycles. The predicted octanol–water partition coefficient (Wildman–Crippen LogP) is 1.77. The number of carbonyl (C=O) groups excluding carboxylic acids is 1. The van der Waals surface area contributed by atoms with Gasteiger partial charge in [0.05, 0.1) is 12.1 Å². The first-order valence-electron chi connectivity index (χ1n) is 5.52. The van der Waals surface area contributed by atoms with E-state index in [-0.39, 0.29) is 6.04 Å². The predicted molar refractivity (Wildman–Crippen MR) is 65.7 cm³/mol. The van der Waals surface area contributed by atoms with E-state index >= 15 is 0 Å². The molecule has 0 bridgehead atoms. The Morgan fingerprint density at radius 2 is 2.06 bits per heavy atom. The van der Waals surface area contributed by atoms with Crippen LogP contribution in [-0.4, -0.2) is 40.5 Å². The van der Waals surface area contributed by atoms with Crippen LogP contribution in [0, 0.1) is 0 Å². The number of rotatable bonds is 2. The van der Waals surface area contributed by atoms with Crippen LogP contribution < -0.4 is 5.32 Å². The van der Waals surface area contributed by atoms with Crippen molar-refractivity contribution in [1.29, 1.82) is 0 Å². The molecule has 94 valence electrons. The zero-order valence-electron chi connectivity index (χ0n) is 10.3. The monoisotopic (exact) mass is 247 g/mol. The molecule has 0 heterocycles. The van der Waals surface area contributed by atoms with Gasteiger partial charge in [-0.25, -0.2) is 4.79 Å². The van der Waals surface area contributed by atoms with Crippen molar-refractivity contribution in [1.82, 2.24) is 5.32 Å². The summed E-state index contributed by atoms with van der Waals surface area (Å²) in [6.07, 6.45) is 2.67. The van der Waals surface area contributed by atoms with Gasteiger partial charge in [-0.2, -0.15) is 11.8 Å². The van der Waals surface area contributed by atoms with Gasteiger partial charge >= 0.3 is 6.09 Å².